The number of aryl methyl sites for hydroxylation is 1. The summed E-state index contributed by atoms with van der Waals surface area (Å²) in [4.78, 5) is 21.2. The summed E-state index contributed by atoms with van der Waals surface area (Å²) in [6.45, 7) is 2.36. The highest BCUT2D eigenvalue weighted by atomic mass is 16.4. The molecule has 5 heteroatoms. The molecule has 0 aliphatic rings. The second kappa shape index (κ2) is 4.63. The van der Waals surface area contributed by atoms with Crippen molar-refractivity contribution in [2.75, 3.05) is 0 Å². The number of amides is 1. The van der Waals surface area contributed by atoms with Gasteiger partial charge in [-0.3, -0.25) is 4.79 Å². The monoisotopic (exact) mass is 210 g/mol. The standard InChI is InChI=1S/C10H14N2O3/c1-7-8(10(14)15)4-6-12(7)5-2-3-9(11)13/h4,6H,2-3,5H2,1H3,(H2,11,13)(H,14,15). The van der Waals surface area contributed by atoms with Gasteiger partial charge in [0.2, 0.25) is 5.91 Å². The molecular formula is C10H14N2O3. The average molecular weight is 210 g/mol. The Morgan fingerprint density at radius 1 is 1.53 bits per heavy atom. The summed E-state index contributed by atoms with van der Waals surface area (Å²) < 4.78 is 1.81. The molecule has 0 bridgehead atoms. The molecule has 0 spiro atoms. The topological polar surface area (TPSA) is 85.3 Å². The first-order valence-electron chi connectivity index (χ1n) is 4.69. The Bertz CT molecular complexity index is 382. The third-order valence-corrected chi connectivity index (χ3v) is 2.29. The molecule has 1 aromatic heterocycles. The van der Waals surface area contributed by atoms with Gasteiger partial charge in [-0.15, -0.1) is 0 Å². The fraction of sp³-hybridized carbons (Fsp3) is 0.400. The van der Waals surface area contributed by atoms with E-state index in [9.17, 15) is 9.59 Å². The molecule has 15 heavy (non-hydrogen) atoms. The molecule has 0 unspecified atom stereocenters. The van der Waals surface area contributed by atoms with E-state index in [4.69, 9.17) is 10.8 Å². The lowest BCUT2D eigenvalue weighted by molar-refractivity contribution is -0.118. The molecule has 5 nitrogen and oxygen atoms in total. The van der Waals surface area contributed by atoms with Gasteiger partial charge in [0.05, 0.1) is 5.56 Å². The van der Waals surface area contributed by atoms with Gasteiger partial charge < -0.3 is 15.4 Å². The molecule has 1 aromatic rings. The van der Waals surface area contributed by atoms with Gasteiger partial charge >= 0.3 is 5.97 Å². The highest BCUT2D eigenvalue weighted by Crippen LogP contribution is 2.10. The lowest BCUT2D eigenvalue weighted by Crippen LogP contribution is -2.11. The molecule has 82 valence electrons. The smallest absolute Gasteiger partial charge is 0.337 e. The third kappa shape index (κ3) is 2.83. The summed E-state index contributed by atoms with van der Waals surface area (Å²) in [5.41, 5.74) is 6.01. The molecule has 0 atom stereocenters. The zero-order chi connectivity index (χ0) is 11.4. The normalized spacial score (nSPS) is 10.2. The highest BCUT2D eigenvalue weighted by molar-refractivity contribution is 5.88. The molecule has 0 aliphatic carbocycles. The first kappa shape index (κ1) is 11.3. The van der Waals surface area contributed by atoms with E-state index >= 15 is 0 Å². The number of carbonyl (C=O) groups is 2. The van der Waals surface area contributed by atoms with Crippen LogP contribution in [-0.2, 0) is 11.3 Å². The second-order valence-electron chi connectivity index (χ2n) is 3.38. The molecule has 0 radical (unpaired) electrons. The SMILES string of the molecule is Cc1c(C(=O)O)ccn1CCCC(N)=O. The van der Waals surface area contributed by atoms with Crippen molar-refractivity contribution in [1.82, 2.24) is 4.57 Å². The summed E-state index contributed by atoms with van der Waals surface area (Å²) in [7, 11) is 0. The van der Waals surface area contributed by atoms with Crippen molar-refractivity contribution >= 4 is 11.9 Å². The van der Waals surface area contributed by atoms with Crippen LogP contribution in [0, 0.1) is 6.92 Å². The van der Waals surface area contributed by atoms with Crippen LogP contribution in [0.3, 0.4) is 0 Å². The highest BCUT2D eigenvalue weighted by Gasteiger charge is 2.10. The maximum Gasteiger partial charge on any atom is 0.337 e. The molecule has 0 saturated heterocycles. The number of nitrogens with two attached hydrogens (primary N) is 1. The third-order valence-electron chi connectivity index (χ3n) is 2.29. The maximum absolute atomic E-state index is 10.7. The minimum absolute atomic E-state index is 0.300. The summed E-state index contributed by atoms with van der Waals surface area (Å²) in [5, 5.41) is 8.81. The second-order valence-corrected chi connectivity index (χ2v) is 3.38. The summed E-state index contributed by atoms with van der Waals surface area (Å²) in [5.74, 6) is -1.26. The molecule has 0 fully saturated rings. The van der Waals surface area contributed by atoms with Crippen molar-refractivity contribution in [2.45, 2.75) is 26.3 Å². The Hall–Kier alpha value is -1.78. The molecule has 0 aliphatic heterocycles. The summed E-state index contributed by atoms with van der Waals surface area (Å²) in [6, 6.07) is 1.56. The van der Waals surface area contributed by atoms with E-state index < -0.39 is 5.97 Å². The molecular weight excluding hydrogens is 196 g/mol. The van der Waals surface area contributed by atoms with Crippen LogP contribution < -0.4 is 5.73 Å². The predicted molar refractivity (Wildman–Crippen MR) is 54.6 cm³/mol. The zero-order valence-corrected chi connectivity index (χ0v) is 8.56. The van der Waals surface area contributed by atoms with Crippen LogP contribution in [0.25, 0.3) is 0 Å². The van der Waals surface area contributed by atoms with Crippen LogP contribution >= 0.6 is 0 Å². The first-order chi connectivity index (χ1) is 7.02. The number of nitrogens with zero attached hydrogens (tertiary/aromatic N) is 1. The minimum atomic E-state index is -0.929. The first-order valence-corrected chi connectivity index (χ1v) is 4.69. The maximum atomic E-state index is 10.7. The number of hydrogen-bond acceptors (Lipinski definition) is 2. The molecule has 0 saturated carbocycles. The lowest BCUT2D eigenvalue weighted by atomic mass is 10.2. The van der Waals surface area contributed by atoms with Crippen molar-refractivity contribution in [3.05, 3.63) is 23.5 Å². The summed E-state index contributed by atoms with van der Waals surface area (Å²) in [6.07, 6.45) is 2.66. The average Bonchev–Trinajstić information content (AvgIpc) is 2.47. The fourth-order valence-corrected chi connectivity index (χ4v) is 1.44. The van der Waals surface area contributed by atoms with Gasteiger partial charge in [0.15, 0.2) is 0 Å². The van der Waals surface area contributed by atoms with Crippen molar-refractivity contribution in [3.8, 4) is 0 Å². The van der Waals surface area contributed by atoms with Crippen molar-refractivity contribution in [2.24, 2.45) is 5.73 Å². The number of rotatable bonds is 5. The van der Waals surface area contributed by atoms with Crippen LogP contribution in [0.1, 0.15) is 28.9 Å². The van der Waals surface area contributed by atoms with Gasteiger partial charge in [0.1, 0.15) is 0 Å². The zero-order valence-electron chi connectivity index (χ0n) is 8.56. The number of hydrogen-bond donors (Lipinski definition) is 2. The Morgan fingerprint density at radius 3 is 2.67 bits per heavy atom. The van der Waals surface area contributed by atoms with E-state index in [0.29, 0.717) is 30.6 Å². The predicted octanol–water partition coefficient (Wildman–Crippen LogP) is 0.760. The molecule has 1 heterocycles. The van der Waals surface area contributed by atoms with Crippen molar-refractivity contribution in [3.63, 3.8) is 0 Å². The van der Waals surface area contributed by atoms with E-state index in [2.05, 4.69) is 0 Å². The van der Waals surface area contributed by atoms with E-state index in [1.54, 1.807) is 19.2 Å². The molecule has 0 aromatic carbocycles. The van der Waals surface area contributed by atoms with Gasteiger partial charge in [0.25, 0.3) is 0 Å². The molecule has 1 amide bonds. The number of carbonyl (C=O) groups excluding carboxylic acids is 1. The number of primary amides is 1. The number of aromatic carboxylic acids is 1. The van der Waals surface area contributed by atoms with Crippen LogP contribution in [0.2, 0.25) is 0 Å². The van der Waals surface area contributed by atoms with E-state index in [1.807, 2.05) is 4.57 Å². The van der Waals surface area contributed by atoms with Crippen molar-refractivity contribution < 1.29 is 14.7 Å². The number of carboxylic acid groups (broad SMARTS) is 1. The fourth-order valence-electron chi connectivity index (χ4n) is 1.44. The van der Waals surface area contributed by atoms with Gasteiger partial charge in [0, 0.05) is 24.9 Å². The minimum Gasteiger partial charge on any atom is -0.478 e. The van der Waals surface area contributed by atoms with E-state index in [1.165, 1.54) is 0 Å². The molecule has 3 N–H and O–H groups in total. The van der Waals surface area contributed by atoms with Gasteiger partial charge in [-0.25, -0.2) is 4.79 Å². The largest absolute Gasteiger partial charge is 0.478 e. The van der Waals surface area contributed by atoms with Crippen LogP contribution in [-0.4, -0.2) is 21.6 Å². The Labute approximate surface area is 87.5 Å². The van der Waals surface area contributed by atoms with Gasteiger partial charge in [-0.2, -0.15) is 0 Å². The van der Waals surface area contributed by atoms with Gasteiger partial charge in [-0.1, -0.05) is 0 Å². The number of aromatic nitrogens is 1. The van der Waals surface area contributed by atoms with Crippen LogP contribution in [0.4, 0.5) is 0 Å². The van der Waals surface area contributed by atoms with Crippen molar-refractivity contribution in [1.29, 1.82) is 0 Å². The van der Waals surface area contributed by atoms with E-state index in [-0.39, 0.29) is 5.91 Å². The lowest BCUT2D eigenvalue weighted by Gasteiger charge is -2.05. The van der Waals surface area contributed by atoms with Crippen LogP contribution in [0.15, 0.2) is 12.3 Å². The summed E-state index contributed by atoms with van der Waals surface area (Å²) >= 11 is 0. The Balaban J connectivity index is 2.63. The Kier molecular flexibility index (Phi) is 3.49. The molecule has 1 rings (SSSR count). The quantitative estimate of drug-likeness (QED) is 0.752. The Morgan fingerprint density at radius 2 is 2.20 bits per heavy atom. The van der Waals surface area contributed by atoms with E-state index in [0.717, 1.165) is 0 Å². The van der Waals surface area contributed by atoms with Crippen LogP contribution in [0.5, 0.6) is 0 Å². The van der Waals surface area contributed by atoms with Gasteiger partial charge in [-0.05, 0) is 19.4 Å². The number of carboxylic acids is 1.